The normalized spacial score (nSPS) is 18.5. The van der Waals surface area contributed by atoms with E-state index in [0.29, 0.717) is 23.7 Å². The molecule has 6 nitrogen and oxygen atoms in total. The van der Waals surface area contributed by atoms with Crippen LogP contribution in [0.25, 0.3) is 16.9 Å². The van der Waals surface area contributed by atoms with Crippen molar-refractivity contribution in [2.45, 2.75) is 38.2 Å². The summed E-state index contributed by atoms with van der Waals surface area (Å²) >= 11 is 0. The number of halogens is 2. The van der Waals surface area contributed by atoms with Crippen molar-refractivity contribution < 1.29 is 13.2 Å². The molecule has 0 saturated carbocycles. The number of fused-ring (bicyclic) bond motifs is 1. The molecule has 0 bridgehead atoms. The van der Waals surface area contributed by atoms with Crippen LogP contribution in [0.1, 0.15) is 42.1 Å². The summed E-state index contributed by atoms with van der Waals surface area (Å²) < 4.78 is 34.2. The Kier molecular flexibility index (Phi) is 5.02. The summed E-state index contributed by atoms with van der Waals surface area (Å²) in [6.45, 7) is 2.68. The number of nitrogens with zero attached hydrogens (tertiary/aromatic N) is 3. The third kappa shape index (κ3) is 3.95. The number of nitrogens with one attached hydrogen (secondary N) is 2. The van der Waals surface area contributed by atoms with Crippen molar-refractivity contribution in [3.63, 3.8) is 0 Å². The van der Waals surface area contributed by atoms with E-state index in [1.807, 2.05) is 24.3 Å². The molecule has 1 atom stereocenters. The van der Waals surface area contributed by atoms with Crippen LogP contribution < -0.4 is 10.6 Å². The van der Waals surface area contributed by atoms with Gasteiger partial charge in [0.15, 0.2) is 12.2 Å². The second-order valence-electron chi connectivity index (χ2n) is 8.09. The van der Waals surface area contributed by atoms with Gasteiger partial charge in [-0.1, -0.05) is 18.2 Å². The molecule has 0 unspecified atom stereocenters. The minimum atomic E-state index is -3.05. The van der Waals surface area contributed by atoms with E-state index in [4.69, 9.17) is 4.42 Å². The van der Waals surface area contributed by atoms with Gasteiger partial charge in [-0.15, -0.1) is 0 Å². The molecule has 2 aromatic heterocycles. The number of piperidine rings is 1. The third-order valence-corrected chi connectivity index (χ3v) is 5.79. The molecule has 2 aliphatic rings. The van der Waals surface area contributed by atoms with Crippen LogP contribution in [-0.4, -0.2) is 34.1 Å². The number of alkyl halides is 2. The Bertz CT molecular complexity index is 1120. The van der Waals surface area contributed by atoms with Crippen LogP contribution in [0.15, 0.2) is 47.5 Å². The predicted octanol–water partition coefficient (Wildman–Crippen LogP) is 4.40. The molecule has 8 heteroatoms. The summed E-state index contributed by atoms with van der Waals surface area (Å²) in [6.07, 6.45) is 8.94. The first-order valence-corrected chi connectivity index (χ1v) is 10.4. The molecule has 160 valence electrons. The van der Waals surface area contributed by atoms with Crippen molar-refractivity contribution in [3.8, 4) is 11.3 Å². The molecule has 3 heterocycles. The molecule has 2 N–H and O–H groups in total. The summed E-state index contributed by atoms with van der Waals surface area (Å²) in [5.41, 5.74) is 3.67. The van der Waals surface area contributed by atoms with E-state index in [9.17, 15) is 8.78 Å². The molecule has 0 spiro atoms. The molecule has 0 radical (unpaired) electrons. The third-order valence-electron chi connectivity index (χ3n) is 5.79. The summed E-state index contributed by atoms with van der Waals surface area (Å²) in [4.78, 5) is 12.7. The Morgan fingerprint density at radius 2 is 2.16 bits per heavy atom. The quantitative estimate of drug-likeness (QED) is 0.634. The molecule has 1 aliphatic heterocycles. The number of allylic oxidation sites excluding steroid dienone is 1. The smallest absolute Gasteiger partial charge is 0.274 e. The number of benzene rings is 1. The maximum absolute atomic E-state index is 14.4. The largest absolute Gasteiger partial charge is 0.444 e. The monoisotopic (exact) mass is 423 g/mol. The standard InChI is InChI=1S/C23H23F2N5O/c1-23(24,25)19-11-28-22(29-16-3-2-8-26-10-16)30-21(19)18-7-4-14-9-15(5-6-17(14)18)20-12-27-13-31-20/h5-7,9,11-13,16,26H,2-4,8,10H2,1H3,(H,28,29,30)/t16-/m0/s1. The van der Waals surface area contributed by atoms with Crippen LogP contribution in [0, 0.1) is 0 Å². The highest BCUT2D eigenvalue weighted by Crippen LogP contribution is 2.39. The molecule has 1 aliphatic carbocycles. The van der Waals surface area contributed by atoms with Crippen LogP contribution in [0.4, 0.5) is 14.7 Å². The molecule has 31 heavy (non-hydrogen) atoms. The van der Waals surface area contributed by atoms with Crippen LogP contribution in [0.5, 0.6) is 0 Å². The zero-order valence-electron chi connectivity index (χ0n) is 17.2. The van der Waals surface area contributed by atoms with E-state index in [1.165, 1.54) is 12.6 Å². The van der Waals surface area contributed by atoms with Gasteiger partial charge in [0.25, 0.3) is 5.92 Å². The number of aromatic nitrogens is 3. The molecule has 0 amide bonds. The minimum Gasteiger partial charge on any atom is -0.444 e. The fraction of sp³-hybridized carbons (Fsp3) is 0.348. The molecule has 1 fully saturated rings. The average Bonchev–Trinajstić information content (AvgIpc) is 3.43. The van der Waals surface area contributed by atoms with E-state index in [0.717, 1.165) is 49.5 Å². The SMILES string of the molecule is CC(F)(F)c1cnc(N[C@H]2CCCNC2)nc1C1=CCc2cc(-c3cnco3)ccc21. The first kappa shape index (κ1) is 19.8. The van der Waals surface area contributed by atoms with Gasteiger partial charge < -0.3 is 15.1 Å². The Morgan fingerprint density at radius 1 is 1.26 bits per heavy atom. The first-order chi connectivity index (χ1) is 15.0. The number of anilines is 1. The first-order valence-electron chi connectivity index (χ1n) is 10.4. The lowest BCUT2D eigenvalue weighted by molar-refractivity contribution is 0.0165. The molecular weight excluding hydrogens is 400 g/mol. The van der Waals surface area contributed by atoms with E-state index in [1.54, 1.807) is 6.20 Å². The number of hydrogen-bond acceptors (Lipinski definition) is 6. The lowest BCUT2D eigenvalue weighted by Crippen LogP contribution is -2.38. The van der Waals surface area contributed by atoms with Crippen LogP contribution >= 0.6 is 0 Å². The predicted molar refractivity (Wildman–Crippen MR) is 114 cm³/mol. The number of oxazole rings is 1. The van der Waals surface area contributed by atoms with Crippen LogP contribution in [-0.2, 0) is 12.3 Å². The zero-order chi connectivity index (χ0) is 21.4. The highest BCUT2D eigenvalue weighted by atomic mass is 19.3. The van der Waals surface area contributed by atoms with E-state index in [-0.39, 0.29) is 17.3 Å². The molecular formula is C23H23F2N5O. The van der Waals surface area contributed by atoms with E-state index in [2.05, 4.69) is 25.6 Å². The molecule has 5 rings (SSSR count). The Balaban J connectivity index is 1.51. The van der Waals surface area contributed by atoms with Crippen molar-refractivity contribution in [2.24, 2.45) is 0 Å². The maximum Gasteiger partial charge on any atom is 0.274 e. The highest BCUT2D eigenvalue weighted by molar-refractivity contribution is 5.86. The van der Waals surface area contributed by atoms with Crippen molar-refractivity contribution in [1.82, 2.24) is 20.3 Å². The Hall–Kier alpha value is -3.13. The van der Waals surface area contributed by atoms with Gasteiger partial charge in [0, 0.05) is 36.8 Å². The van der Waals surface area contributed by atoms with Gasteiger partial charge in [-0.05, 0) is 43.0 Å². The fourth-order valence-electron chi connectivity index (χ4n) is 4.22. The van der Waals surface area contributed by atoms with E-state index >= 15 is 0 Å². The topological polar surface area (TPSA) is 75.9 Å². The lowest BCUT2D eigenvalue weighted by atomic mass is 9.96. The number of rotatable bonds is 5. The van der Waals surface area contributed by atoms with Crippen molar-refractivity contribution in [3.05, 3.63) is 65.4 Å². The second-order valence-corrected chi connectivity index (χ2v) is 8.09. The Labute approximate surface area is 178 Å². The molecule has 1 aromatic carbocycles. The summed E-state index contributed by atoms with van der Waals surface area (Å²) in [5.74, 6) is -2.00. The van der Waals surface area contributed by atoms with Gasteiger partial charge in [0.2, 0.25) is 5.95 Å². The van der Waals surface area contributed by atoms with Crippen molar-refractivity contribution in [2.75, 3.05) is 18.4 Å². The average molecular weight is 423 g/mol. The van der Waals surface area contributed by atoms with Gasteiger partial charge in [0.1, 0.15) is 0 Å². The van der Waals surface area contributed by atoms with Crippen LogP contribution in [0.2, 0.25) is 0 Å². The summed E-state index contributed by atoms with van der Waals surface area (Å²) in [6, 6.07) is 6.04. The minimum absolute atomic E-state index is 0.168. The van der Waals surface area contributed by atoms with Gasteiger partial charge in [0.05, 0.1) is 17.5 Å². The van der Waals surface area contributed by atoms with Crippen molar-refractivity contribution in [1.29, 1.82) is 0 Å². The maximum atomic E-state index is 14.4. The fourth-order valence-corrected chi connectivity index (χ4v) is 4.22. The second kappa shape index (κ2) is 7.85. The van der Waals surface area contributed by atoms with Gasteiger partial charge in [-0.2, -0.15) is 0 Å². The summed E-state index contributed by atoms with van der Waals surface area (Å²) in [7, 11) is 0. The molecule has 1 saturated heterocycles. The van der Waals surface area contributed by atoms with Crippen LogP contribution in [0.3, 0.4) is 0 Å². The summed E-state index contributed by atoms with van der Waals surface area (Å²) in [5, 5.41) is 6.63. The van der Waals surface area contributed by atoms with Gasteiger partial charge >= 0.3 is 0 Å². The molecule has 3 aromatic rings. The number of hydrogen-bond donors (Lipinski definition) is 2. The zero-order valence-corrected chi connectivity index (χ0v) is 17.2. The Morgan fingerprint density at radius 3 is 2.90 bits per heavy atom. The lowest BCUT2D eigenvalue weighted by Gasteiger charge is -2.24. The van der Waals surface area contributed by atoms with Gasteiger partial charge in [-0.25, -0.2) is 23.7 Å². The van der Waals surface area contributed by atoms with Gasteiger partial charge in [-0.3, -0.25) is 0 Å². The highest BCUT2D eigenvalue weighted by Gasteiger charge is 2.32. The van der Waals surface area contributed by atoms with Crippen molar-refractivity contribution >= 4 is 11.5 Å². The van der Waals surface area contributed by atoms with E-state index < -0.39 is 5.92 Å².